The van der Waals surface area contributed by atoms with Gasteiger partial charge in [0.05, 0.1) is 5.52 Å². The van der Waals surface area contributed by atoms with Gasteiger partial charge in [-0.15, -0.1) is 0 Å². The SMILES string of the molecule is Cc1cc(Nc2ncc3ccc(O)c(C4CCCC4)c3n2)ccc1F. The molecule has 0 bridgehead atoms. The summed E-state index contributed by atoms with van der Waals surface area (Å²) < 4.78 is 13.4. The fraction of sp³-hybridized carbons (Fsp3) is 0.300. The number of phenolic OH excluding ortho intramolecular Hbond substituents is 1. The van der Waals surface area contributed by atoms with Crippen molar-refractivity contribution in [3.8, 4) is 5.75 Å². The summed E-state index contributed by atoms with van der Waals surface area (Å²) in [6.45, 7) is 1.72. The average Bonchev–Trinajstić information content (AvgIpc) is 3.12. The number of aromatic nitrogens is 2. The van der Waals surface area contributed by atoms with Crippen LogP contribution in [-0.2, 0) is 0 Å². The maximum atomic E-state index is 13.4. The van der Waals surface area contributed by atoms with Crippen molar-refractivity contribution in [3.63, 3.8) is 0 Å². The second kappa shape index (κ2) is 6.31. The molecular weight excluding hydrogens is 317 g/mol. The Kier molecular flexibility index (Phi) is 3.99. The molecule has 1 aromatic heterocycles. The highest BCUT2D eigenvalue weighted by Gasteiger charge is 2.23. The van der Waals surface area contributed by atoms with E-state index in [1.54, 1.807) is 31.3 Å². The Bertz CT molecular complexity index is 936. The van der Waals surface area contributed by atoms with Gasteiger partial charge >= 0.3 is 0 Å². The molecule has 0 unspecified atom stereocenters. The van der Waals surface area contributed by atoms with Gasteiger partial charge < -0.3 is 10.4 Å². The molecule has 1 saturated carbocycles. The molecule has 1 fully saturated rings. The van der Waals surface area contributed by atoms with E-state index < -0.39 is 0 Å². The van der Waals surface area contributed by atoms with Crippen molar-refractivity contribution in [2.24, 2.45) is 0 Å². The minimum Gasteiger partial charge on any atom is -0.508 e. The maximum absolute atomic E-state index is 13.4. The Morgan fingerprint density at radius 3 is 2.72 bits per heavy atom. The zero-order chi connectivity index (χ0) is 17.4. The highest BCUT2D eigenvalue weighted by Crippen LogP contribution is 2.41. The lowest BCUT2D eigenvalue weighted by molar-refractivity contribution is 0.462. The summed E-state index contributed by atoms with van der Waals surface area (Å²) in [5, 5.41) is 14.4. The van der Waals surface area contributed by atoms with Crippen molar-refractivity contribution in [2.75, 3.05) is 5.32 Å². The fourth-order valence-corrected chi connectivity index (χ4v) is 3.64. The molecule has 0 atom stereocenters. The van der Waals surface area contributed by atoms with Crippen LogP contribution in [0.1, 0.15) is 42.7 Å². The average molecular weight is 337 g/mol. The molecule has 3 aromatic rings. The number of aromatic hydroxyl groups is 1. The van der Waals surface area contributed by atoms with Crippen molar-refractivity contribution in [2.45, 2.75) is 38.5 Å². The number of hydrogen-bond acceptors (Lipinski definition) is 4. The lowest BCUT2D eigenvalue weighted by atomic mass is 9.94. The van der Waals surface area contributed by atoms with E-state index >= 15 is 0 Å². The predicted molar refractivity (Wildman–Crippen MR) is 96.8 cm³/mol. The van der Waals surface area contributed by atoms with E-state index in [1.807, 2.05) is 6.07 Å². The van der Waals surface area contributed by atoms with Gasteiger partial charge in [0.1, 0.15) is 11.6 Å². The molecule has 0 spiro atoms. The number of benzene rings is 2. The first-order valence-electron chi connectivity index (χ1n) is 8.63. The van der Waals surface area contributed by atoms with Gasteiger partial charge in [-0.2, -0.15) is 0 Å². The molecule has 128 valence electrons. The zero-order valence-electron chi connectivity index (χ0n) is 14.1. The molecule has 25 heavy (non-hydrogen) atoms. The molecule has 0 amide bonds. The van der Waals surface area contributed by atoms with E-state index in [2.05, 4.69) is 15.3 Å². The number of nitrogens with zero attached hydrogens (tertiary/aromatic N) is 2. The zero-order valence-corrected chi connectivity index (χ0v) is 14.1. The van der Waals surface area contributed by atoms with Crippen molar-refractivity contribution >= 4 is 22.5 Å². The normalized spacial score (nSPS) is 15.0. The standard InChI is InChI=1S/C20H20FN3O/c1-12-10-15(7-8-16(12)21)23-20-22-11-14-6-9-17(25)18(19(14)24-20)13-4-2-3-5-13/h6-11,13,25H,2-5H2,1H3,(H,22,23,24). The second-order valence-corrected chi connectivity index (χ2v) is 6.70. The molecule has 0 aliphatic heterocycles. The van der Waals surface area contributed by atoms with Crippen LogP contribution in [0.15, 0.2) is 36.5 Å². The monoisotopic (exact) mass is 337 g/mol. The molecule has 1 aliphatic rings. The number of rotatable bonds is 3. The van der Waals surface area contributed by atoms with Gasteiger partial charge in [-0.1, -0.05) is 12.8 Å². The molecule has 2 N–H and O–H groups in total. The number of hydrogen-bond donors (Lipinski definition) is 2. The molecular formula is C20H20FN3O. The number of anilines is 2. The van der Waals surface area contributed by atoms with Gasteiger partial charge in [-0.3, -0.25) is 0 Å². The lowest BCUT2D eigenvalue weighted by Gasteiger charge is -2.15. The minimum atomic E-state index is -0.238. The summed E-state index contributed by atoms with van der Waals surface area (Å²) in [5.74, 6) is 0.864. The van der Waals surface area contributed by atoms with Gasteiger partial charge in [0, 0.05) is 22.8 Å². The summed E-state index contributed by atoms with van der Waals surface area (Å²) in [4.78, 5) is 9.01. The first-order valence-corrected chi connectivity index (χ1v) is 8.63. The van der Waals surface area contributed by atoms with Crippen LogP contribution >= 0.6 is 0 Å². The predicted octanol–water partition coefficient (Wildman–Crippen LogP) is 5.18. The van der Waals surface area contributed by atoms with Crippen LogP contribution in [0, 0.1) is 12.7 Å². The molecule has 1 heterocycles. The number of phenols is 1. The van der Waals surface area contributed by atoms with Crippen LogP contribution in [0.5, 0.6) is 5.75 Å². The molecule has 5 heteroatoms. The quantitative estimate of drug-likeness (QED) is 0.691. The topological polar surface area (TPSA) is 58.0 Å². The van der Waals surface area contributed by atoms with Crippen molar-refractivity contribution < 1.29 is 9.50 Å². The van der Waals surface area contributed by atoms with Crippen molar-refractivity contribution in [1.29, 1.82) is 0 Å². The van der Waals surface area contributed by atoms with Crippen LogP contribution in [0.3, 0.4) is 0 Å². The van der Waals surface area contributed by atoms with Crippen LogP contribution in [0.2, 0.25) is 0 Å². The largest absolute Gasteiger partial charge is 0.508 e. The molecule has 0 radical (unpaired) electrons. The Hall–Kier alpha value is -2.69. The van der Waals surface area contributed by atoms with E-state index in [-0.39, 0.29) is 5.82 Å². The minimum absolute atomic E-state index is 0.238. The second-order valence-electron chi connectivity index (χ2n) is 6.70. The summed E-state index contributed by atoms with van der Waals surface area (Å²) in [5.41, 5.74) is 3.02. The first-order chi connectivity index (χ1) is 12.1. The van der Waals surface area contributed by atoms with Crippen molar-refractivity contribution in [3.05, 3.63) is 53.5 Å². The fourth-order valence-electron chi connectivity index (χ4n) is 3.64. The third kappa shape index (κ3) is 3.02. The van der Waals surface area contributed by atoms with E-state index in [0.717, 1.165) is 35.0 Å². The molecule has 0 saturated heterocycles. The number of fused-ring (bicyclic) bond motifs is 1. The van der Waals surface area contributed by atoms with Gasteiger partial charge in [-0.05, 0) is 61.6 Å². The van der Waals surface area contributed by atoms with E-state index in [4.69, 9.17) is 0 Å². The molecule has 4 nitrogen and oxygen atoms in total. The van der Waals surface area contributed by atoms with Crippen LogP contribution in [0.4, 0.5) is 16.0 Å². The molecule has 1 aliphatic carbocycles. The van der Waals surface area contributed by atoms with Gasteiger partial charge in [-0.25, -0.2) is 14.4 Å². The molecule has 4 rings (SSSR count). The molecule has 2 aromatic carbocycles. The maximum Gasteiger partial charge on any atom is 0.227 e. The van der Waals surface area contributed by atoms with E-state index in [1.165, 1.54) is 18.9 Å². The van der Waals surface area contributed by atoms with Crippen LogP contribution in [0.25, 0.3) is 10.9 Å². The van der Waals surface area contributed by atoms with Gasteiger partial charge in [0.15, 0.2) is 0 Å². The van der Waals surface area contributed by atoms with E-state index in [9.17, 15) is 9.50 Å². The van der Waals surface area contributed by atoms with Crippen LogP contribution < -0.4 is 5.32 Å². The highest BCUT2D eigenvalue weighted by molar-refractivity contribution is 5.85. The van der Waals surface area contributed by atoms with Gasteiger partial charge in [0.25, 0.3) is 0 Å². The number of nitrogens with one attached hydrogen (secondary N) is 1. The number of aryl methyl sites for hydroxylation is 1. The summed E-state index contributed by atoms with van der Waals surface area (Å²) >= 11 is 0. The third-order valence-electron chi connectivity index (χ3n) is 4.95. The van der Waals surface area contributed by atoms with Crippen molar-refractivity contribution in [1.82, 2.24) is 9.97 Å². The summed E-state index contributed by atoms with van der Waals surface area (Å²) in [6.07, 6.45) is 6.29. The lowest BCUT2D eigenvalue weighted by Crippen LogP contribution is -2.01. The van der Waals surface area contributed by atoms with Gasteiger partial charge in [0.2, 0.25) is 5.95 Å². The van der Waals surface area contributed by atoms with Crippen LogP contribution in [-0.4, -0.2) is 15.1 Å². The Labute approximate surface area is 145 Å². The number of halogens is 1. The summed E-state index contributed by atoms with van der Waals surface area (Å²) in [7, 11) is 0. The third-order valence-corrected chi connectivity index (χ3v) is 4.95. The Morgan fingerprint density at radius 2 is 1.96 bits per heavy atom. The highest BCUT2D eigenvalue weighted by atomic mass is 19.1. The Balaban J connectivity index is 1.75. The van der Waals surface area contributed by atoms with E-state index in [0.29, 0.717) is 23.2 Å². The smallest absolute Gasteiger partial charge is 0.227 e. The summed E-state index contributed by atoms with van der Waals surface area (Å²) in [6, 6.07) is 8.39. The first kappa shape index (κ1) is 15.8. The Morgan fingerprint density at radius 1 is 1.16 bits per heavy atom.